The lowest BCUT2D eigenvalue weighted by Gasteiger charge is -2.07. The fourth-order valence-corrected chi connectivity index (χ4v) is 4.23. The third-order valence-corrected chi connectivity index (χ3v) is 6.36. The first-order chi connectivity index (χ1) is 12.6. The summed E-state index contributed by atoms with van der Waals surface area (Å²) in [6, 6.07) is 8.11. The van der Waals surface area contributed by atoms with Crippen LogP contribution in [-0.2, 0) is 5.75 Å². The average molecular weight is 424 g/mol. The van der Waals surface area contributed by atoms with E-state index in [9.17, 15) is 4.79 Å². The van der Waals surface area contributed by atoms with Crippen LogP contribution >= 0.6 is 46.5 Å². The van der Waals surface area contributed by atoms with Gasteiger partial charge in [-0.15, -0.1) is 10.2 Å². The van der Waals surface area contributed by atoms with Crippen LogP contribution in [0.25, 0.3) is 0 Å². The molecular formula is C16H14ClN5OS3. The second-order valence-corrected chi connectivity index (χ2v) is 8.48. The Morgan fingerprint density at radius 3 is 2.85 bits per heavy atom. The van der Waals surface area contributed by atoms with Crippen molar-refractivity contribution in [2.24, 2.45) is 0 Å². The van der Waals surface area contributed by atoms with Crippen LogP contribution in [0.4, 0.5) is 5.13 Å². The first-order valence-electron chi connectivity index (χ1n) is 7.45. The van der Waals surface area contributed by atoms with Gasteiger partial charge in [0.1, 0.15) is 0 Å². The molecule has 1 aromatic carbocycles. The summed E-state index contributed by atoms with van der Waals surface area (Å²) in [6.07, 6.45) is 3.34. The van der Waals surface area contributed by atoms with Crippen molar-refractivity contribution in [3.63, 3.8) is 0 Å². The van der Waals surface area contributed by atoms with Crippen LogP contribution < -0.4 is 5.32 Å². The number of thioether (sulfide) groups is 2. The van der Waals surface area contributed by atoms with Crippen LogP contribution in [0.15, 0.2) is 40.0 Å². The van der Waals surface area contributed by atoms with Crippen LogP contribution in [0.1, 0.15) is 21.6 Å². The van der Waals surface area contributed by atoms with Gasteiger partial charge in [0.2, 0.25) is 5.13 Å². The fourth-order valence-electron chi connectivity index (χ4n) is 1.99. The molecule has 1 amide bonds. The number of aryl methyl sites for hydroxylation is 1. The molecule has 0 aliphatic heterocycles. The van der Waals surface area contributed by atoms with Gasteiger partial charge in [-0.3, -0.25) is 10.1 Å². The van der Waals surface area contributed by atoms with Crippen molar-refractivity contribution in [2.75, 3.05) is 11.6 Å². The van der Waals surface area contributed by atoms with Gasteiger partial charge in [0.05, 0.1) is 11.2 Å². The molecule has 0 spiro atoms. The van der Waals surface area contributed by atoms with Gasteiger partial charge >= 0.3 is 0 Å². The highest BCUT2D eigenvalue weighted by Gasteiger charge is 2.17. The molecule has 26 heavy (non-hydrogen) atoms. The maximum Gasteiger partial charge on any atom is 0.277 e. The molecule has 0 saturated carbocycles. The number of nitrogens with one attached hydrogen (secondary N) is 1. The predicted molar refractivity (Wildman–Crippen MR) is 107 cm³/mol. The summed E-state index contributed by atoms with van der Waals surface area (Å²) in [7, 11) is 0. The standard InChI is InChI=1S/C16H14ClN5OS3/c1-9-5-3-4-6-10(9)8-25-14-18-7-11(17)12(19-14)13(23)20-15-21-22-16(24-2)26-15/h3-7H,8H2,1-2H3,(H,20,21,23). The van der Waals surface area contributed by atoms with Gasteiger partial charge in [-0.25, -0.2) is 9.97 Å². The number of carbonyl (C=O) groups excluding carboxylic acids is 1. The molecule has 2 heterocycles. The normalized spacial score (nSPS) is 10.7. The zero-order chi connectivity index (χ0) is 18.5. The number of hydrogen-bond acceptors (Lipinski definition) is 8. The van der Waals surface area contributed by atoms with E-state index in [-0.39, 0.29) is 10.7 Å². The molecule has 2 aromatic heterocycles. The van der Waals surface area contributed by atoms with Crippen LogP contribution in [0.5, 0.6) is 0 Å². The SMILES string of the molecule is CSc1nnc(NC(=O)c2nc(SCc3ccccc3C)ncc2Cl)s1. The maximum absolute atomic E-state index is 12.5. The summed E-state index contributed by atoms with van der Waals surface area (Å²) in [4.78, 5) is 21.0. The maximum atomic E-state index is 12.5. The lowest BCUT2D eigenvalue weighted by molar-refractivity contribution is 0.102. The van der Waals surface area contributed by atoms with E-state index < -0.39 is 5.91 Å². The van der Waals surface area contributed by atoms with E-state index >= 15 is 0 Å². The van der Waals surface area contributed by atoms with Gasteiger partial charge in [0.15, 0.2) is 15.2 Å². The number of amides is 1. The van der Waals surface area contributed by atoms with E-state index in [0.29, 0.717) is 16.0 Å². The molecule has 6 nitrogen and oxygen atoms in total. The van der Waals surface area contributed by atoms with Crippen LogP contribution in [-0.4, -0.2) is 32.3 Å². The summed E-state index contributed by atoms with van der Waals surface area (Å²) in [6.45, 7) is 2.06. The number of halogens is 1. The van der Waals surface area contributed by atoms with Crippen molar-refractivity contribution >= 4 is 57.5 Å². The minimum absolute atomic E-state index is 0.120. The molecule has 3 aromatic rings. The molecule has 0 saturated heterocycles. The lowest BCUT2D eigenvalue weighted by Crippen LogP contribution is -2.15. The molecule has 3 rings (SSSR count). The third kappa shape index (κ3) is 4.73. The Morgan fingerprint density at radius 1 is 1.31 bits per heavy atom. The van der Waals surface area contributed by atoms with Crippen LogP contribution in [0.3, 0.4) is 0 Å². The molecule has 134 valence electrons. The van der Waals surface area contributed by atoms with E-state index in [0.717, 1.165) is 4.34 Å². The Bertz CT molecular complexity index is 934. The zero-order valence-corrected chi connectivity index (χ0v) is 17.1. The zero-order valence-electron chi connectivity index (χ0n) is 13.9. The Kier molecular flexibility index (Phi) is 6.47. The number of benzene rings is 1. The topological polar surface area (TPSA) is 80.7 Å². The van der Waals surface area contributed by atoms with Crippen molar-refractivity contribution < 1.29 is 4.79 Å². The predicted octanol–water partition coefficient (Wildman–Crippen LogP) is 4.56. The molecule has 0 fully saturated rings. The Labute approximate surface area is 168 Å². The Morgan fingerprint density at radius 2 is 2.12 bits per heavy atom. The monoisotopic (exact) mass is 423 g/mol. The van der Waals surface area contributed by atoms with Gasteiger partial charge in [-0.2, -0.15) is 0 Å². The molecule has 1 N–H and O–H groups in total. The molecule has 10 heteroatoms. The van der Waals surface area contributed by atoms with Crippen LogP contribution in [0.2, 0.25) is 5.02 Å². The summed E-state index contributed by atoms with van der Waals surface area (Å²) < 4.78 is 0.767. The molecule has 0 aliphatic rings. The van der Waals surface area contributed by atoms with E-state index in [4.69, 9.17) is 11.6 Å². The van der Waals surface area contributed by atoms with Crippen molar-refractivity contribution in [2.45, 2.75) is 22.2 Å². The summed E-state index contributed by atoms with van der Waals surface area (Å²) in [5.41, 5.74) is 2.52. The van der Waals surface area contributed by atoms with Crippen molar-refractivity contribution in [3.8, 4) is 0 Å². The molecule has 0 aliphatic carbocycles. The minimum Gasteiger partial charge on any atom is -0.295 e. The molecule has 0 unspecified atom stereocenters. The second-order valence-electron chi connectivity index (χ2n) is 5.10. The number of nitrogens with zero attached hydrogens (tertiary/aromatic N) is 4. The molecule has 0 atom stereocenters. The molecule has 0 bridgehead atoms. The third-order valence-electron chi connectivity index (χ3n) is 3.36. The van der Waals surface area contributed by atoms with Crippen molar-refractivity contribution in [1.82, 2.24) is 20.2 Å². The number of carbonyl (C=O) groups is 1. The summed E-state index contributed by atoms with van der Waals surface area (Å²) in [5.74, 6) is 0.280. The minimum atomic E-state index is -0.432. The number of anilines is 1. The highest BCUT2D eigenvalue weighted by Crippen LogP contribution is 2.26. The summed E-state index contributed by atoms with van der Waals surface area (Å²) >= 11 is 10.3. The Balaban J connectivity index is 1.72. The highest BCUT2D eigenvalue weighted by molar-refractivity contribution is 8.00. The number of rotatable bonds is 6. The number of hydrogen-bond donors (Lipinski definition) is 1. The van der Waals surface area contributed by atoms with Gasteiger partial charge in [0.25, 0.3) is 5.91 Å². The van der Waals surface area contributed by atoms with Gasteiger partial charge in [-0.05, 0) is 24.3 Å². The molecule has 0 radical (unpaired) electrons. The first kappa shape index (κ1) is 19.1. The fraction of sp³-hybridized carbons (Fsp3) is 0.188. The average Bonchev–Trinajstić information content (AvgIpc) is 3.09. The van der Waals surface area contributed by atoms with E-state index in [1.807, 2.05) is 18.4 Å². The van der Waals surface area contributed by atoms with E-state index in [1.54, 1.807) is 0 Å². The van der Waals surface area contributed by atoms with Gasteiger partial charge in [-0.1, -0.05) is 70.7 Å². The van der Waals surface area contributed by atoms with E-state index in [2.05, 4.69) is 44.5 Å². The quantitative estimate of drug-likeness (QED) is 0.353. The summed E-state index contributed by atoms with van der Waals surface area (Å²) in [5, 5.41) is 11.6. The second kappa shape index (κ2) is 8.81. The van der Waals surface area contributed by atoms with Crippen molar-refractivity contribution in [1.29, 1.82) is 0 Å². The van der Waals surface area contributed by atoms with Crippen LogP contribution in [0, 0.1) is 6.92 Å². The smallest absolute Gasteiger partial charge is 0.277 e. The lowest BCUT2D eigenvalue weighted by atomic mass is 10.1. The number of aromatic nitrogens is 4. The Hall–Kier alpha value is -1.68. The van der Waals surface area contributed by atoms with Gasteiger partial charge < -0.3 is 0 Å². The van der Waals surface area contributed by atoms with Crippen molar-refractivity contribution in [3.05, 3.63) is 52.3 Å². The largest absolute Gasteiger partial charge is 0.295 e. The van der Waals surface area contributed by atoms with Gasteiger partial charge in [0, 0.05) is 5.75 Å². The first-order valence-corrected chi connectivity index (χ1v) is 10.9. The van der Waals surface area contributed by atoms with E-state index in [1.165, 1.54) is 52.2 Å². The highest BCUT2D eigenvalue weighted by atomic mass is 35.5. The molecular weight excluding hydrogens is 410 g/mol.